The maximum atomic E-state index is 11.4. The van der Waals surface area contributed by atoms with E-state index in [-0.39, 0.29) is 22.5 Å². The number of nitrogens with two attached hydrogens (primary N) is 1. The summed E-state index contributed by atoms with van der Waals surface area (Å²) in [6.45, 7) is 0. The molecule has 0 bridgehead atoms. The predicted octanol–water partition coefficient (Wildman–Crippen LogP) is 0.228. The number of rotatable bonds is 3. The number of sulfonamides is 1. The molecule has 18 heavy (non-hydrogen) atoms. The normalized spacial score (nSPS) is 19.9. The van der Waals surface area contributed by atoms with Crippen LogP contribution in [0, 0.1) is 0 Å². The molecule has 1 aromatic rings. The fourth-order valence-corrected chi connectivity index (χ4v) is 3.03. The van der Waals surface area contributed by atoms with Gasteiger partial charge in [-0.2, -0.15) is 0 Å². The van der Waals surface area contributed by atoms with E-state index >= 15 is 0 Å². The molecule has 0 aromatic heterocycles. The zero-order valence-electron chi connectivity index (χ0n) is 9.12. The van der Waals surface area contributed by atoms with Gasteiger partial charge in [-0.05, 0) is 24.1 Å². The largest absolute Gasteiger partial charge is 0.286 e. The van der Waals surface area contributed by atoms with Crippen molar-refractivity contribution < 1.29 is 18.0 Å². The summed E-state index contributed by atoms with van der Waals surface area (Å²) in [7, 11) is -3.76. The lowest BCUT2D eigenvalue weighted by atomic mass is 10.1. The van der Waals surface area contributed by atoms with Crippen LogP contribution in [0.1, 0.15) is 5.56 Å². The number of carbonyl (C=O) groups excluding carboxylic acids is 2. The summed E-state index contributed by atoms with van der Waals surface area (Å²) in [6, 6.07) is 6.03. The third-order valence-corrected chi connectivity index (χ3v) is 4.31. The Hall–Kier alpha value is -1.38. The van der Waals surface area contributed by atoms with Gasteiger partial charge in [-0.1, -0.05) is 23.9 Å². The van der Waals surface area contributed by atoms with E-state index < -0.39 is 15.3 Å². The van der Waals surface area contributed by atoms with Crippen LogP contribution in [0.15, 0.2) is 29.2 Å². The summed E-state index contributed by atoms with van der Waals surface area (Å²) in [4.78, 5) is 22.4. The van der Waals surface area contributed by atoms with Gasteiger partial charge >= 0.3 is 0 Å². The van der Waals surface area contributed by atoms with Crippen LogP contribution in [0.2, 0.25) is 0 Å². The highest BCUT2D eigenvalue weighted by Gasteiger charge is 2.31. The Balaban J connectivity index is 2.20. The summed E-state index contributed by atoms with van der Waals surface area (Å²) >= 11 is 0.902. The van der Waals surface area contributed by atoms with E-state index in [2.05, 4.69) is 5.32 Å². The van der Waals surface area contributed by atoms with Crippen molar-refractivity contribution in [3.8, 4) is 0 Å². The molecule has 0 radical (unpaired) electrons. The van der Waals surface area contributed by atoms with Crippen molar-refractivity contribution in [3.05, 3.63) is 29.8 Å². The molecule has 96 valence electrons. The van der Waals surface area contributed by atoms with Crippen LogP contribution >= 0.6 is 11.8 Å². The van der Waals surface area contributed by atoms with Crippen molar-refractivity contribution in [2.75, 3.05) is 0 Å². The van der Waals surface area contributed by atoms with E-state index in [1.54, 1.807) is 12.1 Å². The van der Waals surface area contributed by atoms with E-state index in [9.17, 15) is 18.0 Å². The average Bonchev–Trinajstić information content (AvgIpc) is 2.56. The van der Waals surface area contributed by atoms with Gasteiger partial charge in [0.2, 0.25) is 15.9 Å². The molecule has 0 aliphatic carbocycles. The van der Waals surface area contributed by atoms with Crippen molar-refractivity contribution in [1.29, 1.82) is 0 Å². The van der Waals surface area contributed by atoms with Gasteiger partial charge in [0, 0.05) is 0 Å². The third-order valence-electron chi connectivity index (χ3n) is 2.42. The molecule has 1 saturated heterocycles. The van der Waals surface area contributed by atoms with E-state index in [0.29, 0.717) is 5.56 Å². The number of hydrogen-bond donors (Lipinski definition) is 2. The number of thioether (sulfide) groups is 1. The molecule has 1 unspecified atom stereocenters. The van der Waals surface area contributed by atoms with Gasteiger partial charge in [0.15, 0.2) is 0 Å². The molecule has 2 rings (SSSR count). The second-order valence-corrected chi connectivity index (χ2v) is 6.52. The molecule has 0 spiro atoms. The second-order valence-electron chi connectivity index (χ2n) is 3.78. The van der Waals surface area contributed by atoms with Crippen molar-refractivity contribution >= 4 is 32.9 Å². The molecule has 1 heterocycles. The maximum absolute atomic E-state index is 11.4. The molecular weight excluding hydrogens is 276 g/mol. The average molecular weight is 286 g/mol. The van der Waals surface area contributed by atoms with Crippen LogP contribution in [0.5, 0.6) is 0 Å². The molecule has 0 saturated carbocycles. The minimum atomic E-state index is -3.76. The van der Waals surface area contributed by atoms with E-state index in [1.165, 1.54) is 12.1 Å². The number of hydrogen-bond acceptors (Lipinski definition) is 5. The lowest BCUT2D eigenvalue weighted by Gasteiger charge is -2.06. The van der Waals surface area contributed by atoms with Gasteiger partial charge in [0.05, 0.1) is 10.1 Å². The molecule has 3 N–H and O–H groups in total. The minimum absolute atomic E-state index is 0.00488. The molecule has 1 aromatic carbocycles. The molecule has 6 nitrogen and oxygen atoms in total. The Morgan fingerprint density at radius 3 is 2.61 bits per heavy atom. The van der Waals surface area contributed by atoms with Gasteiger partial charge < -0.3 is 0 Å². The number of imide groups is 1. The fraction of sp³-hybridized carbons (Fsp3) is 0.200. The zero-order chi connectivity index (χ0) is 13.3. The Morgan fingerprint density at radius 2 is 2.06 bits per heavy atom. The molecule has 1 aliphatic rings. The molecule has 2 amide bonds. The molecule has 1 fully saturated rings. The molecule has 1 aliphatic heterocycles. The zero-order valence-corrected chi connectivity index (χ0v) is 10.8. The van der Waals surface area contributed by atoms with Gasteiger partial charge in [0.1, 0.15) is 0 Å². The molecule has 8 heteroatoms. The SMILES string of the molecule is NS(=O)(=O)c1cccc(CC2SC(=O)NC2=O)c1. The van der Waals surface area contributed by atoms with Gasteiger partial charge in [-0.25, -0.2) is 13.6 Å². The number of nitrogens with one attached hydrogen (secondary N) is 1. The second kappa shape index (κ2) is 4.71. The van der Waals surface area contributed by atoms with Crippen LogP contribution in [0.4, 0.5) is 4.79 Å². The third kappa shape index (κ3) is 2.89. The fourth-order valence-electron chi connectivity index (χ4n) is 1.59. The van der Waals surface area contributed by atoms with Crippen molar-refractivity contribution in [3.63, 3.8) is 0 Å². The number of amides is 2. The van der Waals surface area contributed by atoms with Crippen LogP contribution < -0.4 is 10.5 Å². The highest BCUT2D eigenvalue weighted by atomic mass is 32.2. The van der Waals surface area contributed by atoms with E-state index in [4.69, 9.17) is 5.14 Å². The standard InChI is InChI=1S/C10H10N2O4S2/c11-18(15,16)7-3-1-2-6(4-7)5-8-9(13)12-10(14)17-8/h1-4,8H,5H2,(H2,11,15,16)(H,12,13,14). The highest BCUT2D eigenvalue weighted by molar-refractivity contribution is 8.15. The number of primary sulfonamides is 1. The summed E-state index contributed by atoms with van der Waals surface area (Å²) < 4.78 is 22.4. The summed E-state index contributed by atoms with van der Waals surface area (Å²) in [6.07, 6.45) is 0.283. The van der Waals surface area contributed by atoms with Gasteiger partial charge in [-0.3, -0.25) is 14.9 Å². The maximum Gasteiger partial charge on any atom is 0.286 e. The summed E-state index contributed by atoms with van der Waals surface area (Å²) in [5.41, 5.74) is 0.642. The Morgan fingerprint density at radius 1 is 1.33 bits per heavy atom. The Bertz CT molecular complexity index is 612. The van der Waals surface area contributed by atoms with Crippen molar-refractivity contribution in [1.82, 2.24) is 5.32 Å². The molecule has 1 atom stereocenters. The first kappa shape index (κ1) is 13.1. The van der Waals surface area contributed by atoms with Crippen LogP contribution in [0.3, 0.4) is 0 Å². The van der Waals surface area contributed by atoms with Gasteiger partial charge in [0.25, 0.3) is 5.24 Å². The van der Waals surface area contributed by atoms with E-state index in [1.807, 2.05) is 0 Å². The minimum Gasteiger partial charge on any atom is -0.286 e. The summed E-state index contributed by atoms with van der Waals surface area (Å²) in [5, 5.41) is 6.29. The monoisotopic (exact) mass is 286 g/mol. The van der Waals surface area contributed by atoms with Crippen LogP contribution in [-0.4, -0.2) is 24.8 Å². The van der Waals surface area contributed by atoms with E-state index in [0.717, 1.165) is 11.8 Å². The predicted molar refractivity (Wildman–Crippen MR) is 66.4 cm³/mol. The quantitative estimate of drug-likeness (QED) is 0.827. The van der Waals surface area contributed by atoms with Crippen LogP contribution in [-0.2, 0) is 21.2 Å². The first-order valence-corrected chi connectivity index (χ1v) is 7.42. The topological polar surface area (TPSA) is 106 Å². The first-order valence-electron chi connectivity index (χ1n) is 4.99. The molecular formula is C10H10N2O4S2. The Kier molecular flexibility index (Phi) is 3.42. The Labute approximate surface area is 108 Å². The van der Waals surface area contributed by atoms with Crippen LogP contribution in [0.25, 0.3) is 0 Å². The summed E-state index contributed by atoms with van der Waals surface area (Å²) in [5.74, 6) is -0.356. The lowest BCUT2D eigenvalue weighted by Crippen LogP contribution is -2.25. The smallest absolute Gasteiger partial charge is 0.286 e. The number of benzene rings is 1. The van der Waals surface area contributed by atoms with Crippen molar-refractivity contribution in [2.24, 2.45) is 5.14 Å². The lowest BCUT2D eigenvalue weighted by molar-refractivity contribution is -0.118. The van der Waals surface area contributed by atoms with Gasteiger partial charge in [-0.15, -0.1) is 0 Å². The first-order chi connectivity index (χ1) is 8.36. The number of carbonyl (C=O) groups is 2. The van der Waals surface area contributed by atoms with Crippen molar-refractivity contribution in [2.45, 2.75) is 16.6 Å². The highest BCUT2D eigenvalue weighted by Crippen LogP contribution is 2.23.